The Kier molecular flexibility index (Phi) is 33.7. The fourth-order valence-electron chi connectivity index (χ4n) is 12.0. The number of allylic oxidation sites excluding steroid dienone is 4. The molecule has 0 aliphatic carbocycles. The van der Waals surface area contributed by atoms with E-state index in [0.717, 1.165) is 25.7 Å². The van der Waals surface area contributed by atoms with Crippen LogP contribution in [0.5, 0.6) is 0 Å². The van der Waals surface area contributed by atoms with Crippen LogP contribution in [0, 0.1) is 27.1 Å². The number of carboxylic acids is 1. The molecule has 0 saturated carbocycles. The van der Waals surface area contributed by atoms with Gasteiger partial charge in [0.2, 0.25) is 0 Å². The Balaban J connectivity index is 10.6. The van der Waals surface area contributed by atoms with Gasteiger partial charge in [0.1, 0.15) is 0 Å². The molecule has 0 saturated heterocycles. The molecule has 0 heterocycles. The molecule has 416 valence electrons. The van der Waals surface area contributed by atoms with Gasteiger partial charge in [0, 0.05) is 0 Å². The van der Waals surface area contributed by atoms with Crippen molar-refractivity contribution < 1.29 is 112 Å². The van der Waals surface area contributed by atoms with Crippen molar-refractivity contribution in [1.29, 1.82) is 0 Å². The first-order valence-corrected chi connectivity index (χ1v) is 24.5. The highest BCUT2D eigenvalue weighted by Crippen LogP contribution is 2.77. The number of rotatable bonds is 44. The van der Waals surface area contributed by atoms with Gasteiger partial charge in [-0.1, -0.05) is 44.1 Å². The van der Waals surface area contributed by atoms with Crippen molar-refractivity contribution in [3.8, 4) is 0 Å². The molecule has 22 heteroatoms. The molecule has 0 spiro atoms. The van der Waals surface area contributed by atoms with Crippen LogP contribution in [0.3, 0.4) is 0 Å². The highest BCUT2D eigenvalue weighted by molar-refractivity contribution is 5.76. The smallest absolute Gasteiger partial charge is 0.310 e. The summed E-state index contributed by atoms with van der Waals surface area (Å²) in [5.74, 6) is -2.06. The Bertz CT molecular complexity index is 1360. The van der Waals surface area contributed by atoms with E-state index in [1.165, 1.54) is 0 Å². The number of carbonyl (C=O) groups is 1. The molecule has 0 radical (unpaired) electrons. The lowest BCUT2D eigenvalue weighted by Crippen LogP contribution is -2.72. The van der Waals surface area contributed by atoms with E-state index in [1.54, 1.807) is 12.2 Å². The molecule has 0 aromatic rings. The largest absolute Gasteiger partial charge is 0.481 e. The lowest BCUT2D eigenvalue weighted by molar-refractivity contribution is -0.289. The van der Waals surface area contributed by atoms with E-state index in [2.05, 4.69) is 6.92 Å². The van der Waals surface area contributed by atoms with Crippen LogP contribution in [0.15, 0.2) is 24.3 Å². The lowest BCUT2D eigenvalue weighted by Gasteiger charge is -2.73. The maximum atomic E-state index is 14.8. The van der Waals surface area contributed by atoms with Gasteiger partial charge in [0.05, 0.1) is 133 Å². The van der Waals surface area contributed by atoms with Crippen molar-refractivity contribution in [2.45, 2.75) is 177 Å². The van der Waals surface area contributed by atoms with Gasteiger partial charge in [0.15, 0.2) is 0 Å². The van der Waals surface area contributed by atoms with Gasteiger partial charge < -0.3 is 107 Å². The molecule has 10 unspecified atom stereocenters. The summed E-state index contributed by atoms with van der Waals surface area (Å²) in [4.78, 5) is 14.8. The number of aliphatic hydroxyl groups excluding tert-OH is 20. The Labute approximate surface area is 411 Å². The molecule has 10 atom stereocenters. The van der Waals surface area contributed by atoms with E-state index >= 15 is 0 Å². The van der Waals surface area contributed by atoms with Crippen molar-refractivity contribution in [3.63, 3.8) is 0 Å². The number of carboxylic acid groups (broad SMARTS) is 1. The third-order valence-electron chi connectivity index (χ3n) is 14.6. The average molecular weight is 1020 g/mol. The van der Waals surface area contributed by atoms with Crippen LogP contribution in [-0.4, -0.2) is 240 Å². The third-order valence-corrected chi connectivity index (χ3v) is 14.6. The van der Waals surface area contributed by atoms with E-state index in [-0.39, 0.29) is 6.42 Å². The standard InChI is InChI=1S/C48H92O22/c1-2-3-4-5-6-7-8-9-10-11-12-44(13-33(59)23-49,14-34(60)24-50)46(17-37(63)27-53,18-38(64)28-54)48(21-41(67)31-57,22-42(68)32-58)47(19-39(65)29-55,20-40(66)30-56)45(43(69)70,15-35(61)25-51)16-36(62)26-52/h6-7,9-10,33-42,49-68H,2-5,8,11-32H2,1H3,(H,69,70). The zero-order chi connectivity index (χ0) is 53.8. The fraction of sp³-hybridized carbons (Fsp3) is 0.896. The van der Waals surface area contributed by atoms with Crippen LogP contribution in [0.4, 0.5) is 0 Å². The minimum atomic E-state index is -3.13. The first-order chi connectivity index (χ1) is 33.0. The summed E-state index contributed by atoms with van der Waals surface area (Å²) >= 11 is 0. The minimum Gasteiger partial charge on any atom is -0.481 e. The van der Waals surface area contributed by atoms with Crippen LogP contribution >= 0.6 is 0 Å². The summed E-state index contributed by atoms with van der Waals surface area (Å²) in [6.45, 7) is -9.94. The van der Waals surface area contributed by atoms with Gasteiger partial charge in [-0.2, -0.15) is 0 Å². The van der Waals surface area contributed by atoms with Crippen molar-refractivity contribution >= 4 is 5.97 Å². The average Bonchev–Trinajstić information content (AvgIpc) is 3.34. The first-order valence-electron chi connectivity index (χ1n) is 24.5. The highest BCUT2D eigenvalue weighted by Gasteiger charge is 2.76. The topological polar surface area (TPSA) is 442 Å². The highest BCUT2D eigenvalue weighted by atomic mass is 16.4. The molecule has 0 aromatic carbocycles. The van der Waals surface area contributed by atoms with Crippen molar-refractivity contribution in [2.24, 2.45) is 27.1 Å². The summed E-state index contributed by atoms with van der Waals surface area (Å²) in [6, 6.07) is 0. The molecule has 0 aromatic heterocycles. The molecule has 21 N–H and O–H groups in total. The molecular formula is C48H92O22. The van der Waals surface area contributed by atoms with E-state index < -0.39 is 231 Å². The zero-order valence-electron chi connectivity index (χ0n) is 41.0. The molecule has 0 aliphatic heterocycles. The van der Waals surface area contributed by atoms with Crippen molar-refractivity contribution in [2.75, 3.05) is 66.1 Å². The van der Waals surface area contributed by atoms with E-state index in [1.807, 2.05) is 12.2 Å². The van der Waals surface area contributed by atoms with Crippen LogP contribution < -0.4 is 0 Å². The fourth-order valence-corrected chi connectivity index (χ4v) is 12.0. The summed E-state index contributed by atoms with van der Waals surface area (Å²) in [5.41, 5.74) is -14.0. The van der Waals surface area contributed by atoms with E-state index in [9.17, 15) is 112 Å². The monoisotopic (exact) mass is 1020 g/mol. The summed E-state index contributed by atoms with van der Waals surface area (Å²) in [5, 5.41) is 237. The SMILES string of the molecule is CCCCCC=CCC=CCCC(CC(O)CO)(CC(O)CO)C(CC(O)CO)(CC(O)CO)C(CC(O)CO)(CC(O)CO)C(CC(O)CO)(CC(O)CO)C(CC(O)CO)(CC(O)CO)C(=O)O. The van der Waals surface area contributed by atoms with Gasteiger partial charge in [-0.05, 0) is 118 Å². The molecular weight excluding hydrogens is 929 g/mol. The minimum absolute atomic E-state index is 0.116. The molecule has 0 aliphatic rings. The van der Waals surface area contributed by atoms with Crippen molar-refractivity contribution in [3.05, 3.63) is 24.3 Å². The number of aliphatic hydroxyl groups is 20. The second-order valence-electron chi connectivity index (χ2n) is 19.5. The number of hydrogen-bond donors (Lipinski definition) is 21. The second kappa shape index (κ2) is 34.6. The third kappa shape index (κ3) is 18.5. The molecule has 0 bridgehead atoms. The van der Waals surface area contributed by atoms with Crippen molar-refractivity contribution in [1.82, 2.24) is 0 Å². The van der Waals surface area contributed by atoms with Gasteiger partial charge in [-0.15, -0.1) is 0 Å². The summed E-state index contributed by atoms with van der Waals surface area (Å²) < 4.78 is 0. The maximum Gasteiger partial charge on any atom is 0.310 e. The quantitative estimate of drug-likeness (QED) is 0.0206. The van der Waals surface area contributed by atoms with Gasteiger partial charge in [0.25, 0.3) is 0 Å². The van der Waals surface area contributed by atoms with E-state index in [0.29, 0.717) is 6.42 Å². The van der Waals surface area contributed by atoms with Crippen LogP contribution in [0.25, 0.3) is 0 Å². The second-order valence-corrected chi connectivity index (χ2v) is 19.5. The Morgan fingerprint density at radius 3 is 0.971 bits per heavy atom. The summed E-state index contributed by atoms with van der Waals surface area (Å²) in [7, 11) is 0. The molecule has 0 amide bonds. The summed E-state index contributed by atoms with van der Waals surface area (Å²) in [6.07, 6.45) is -21.1. The maximum absolute atomic E-state index is 14.8. The number of aliphatic carboxylic acids is 1. The van der Waals surface area contributed by atoms with Gasteiger partial charge >= 0.3 is 5.97 Å². The predicted octanol–water partition coefficient (Wildman–Crippen LogP) is -3.70. The van der Waals surface area contributed by atoms with Crippen LogP contribution in [0.1, 0.15) is 116 Å². The molecule has 0 fully saturated rings. The molecule has 70 heavy (non-hydrogen) atoms. The Morgan fingerprint density at radius 1 is 0.371 bits per heavy atom. The lowest BCUT2D eigenvalue weighted by atomic mass is 9.31. The first kappa shape index (κ1) is 68.2. The van der Waals surface area contributed by atoms with Gasteiger partial charge in [-0.25, -0.2) is 0 Å². The number of unbranched alkanes of at least 4 members (excludes halogenated alkanes) is 3. The van der Waals surface area contributed by atoms with Gasteiger partial charge in [-0.3, -0.25) is 4.79 Å². The van der Waals surface area contributed by atoms with E-state index in [4.69, 9.17) is 0 Å². The molecule has 0 rings (SSSR count). The number of hydrogen-bond acceptors (Lipinski definition) is 21. The van der Waals surface area contributed by atoms with Crippen LogP contribution in [0.2, 0.25) is 0 Å². The molecule has 22 nitrogen and oxygen atoms in total. The predicted molar refractivity (Wildman–Crippen MR) is 253 cm³/mol. The van der Waals surface area contributed by atoms with Crippen LogP contribution in [-0.2, 0) is 4.79 Å². The normalized spacial score (nSPS) is 21.3. The Hall–Kier alpha value is -1.85. The Morgan fingerprint density at radius 2 is 0.657 bits per heavy atom. The zero-order valence-corrected chi connectivity index (χ0v) is 41.0.